The van der Waals surface area contributed by atoms with Gasteiger partial charge in [0.2, 0.25) is 0 Å². The fourth-order valence-corrected chi connectivity index (χ4v) is 2.52. The van der Waals surface area contributed by atoms with Crippen molar-refractivity contribution >= 4 is 21.6 Å². The third-order valence-corrected chi connectivity index (χ3v) is 4.15. The summed E-state index contributed by atoms with van der Waals surface area (Å²) in [7, 11) is 0. The van der Waals surface area contributed by atoms with Crippen LogP contribution in [0.1, 0.15) is 5.56 Å². The van der Waals surface area contributed by atoms with E-state index in [2.05, 4.69) is 33.2 Å². The number of benzene rings is 2. The molecule has 1 heterocycles. The van der Waals surface area contributed by atoms with Gasteiger partial charge in [-0.25, -0.2) is 0 Å². The minimum absolute atomic E-state index is 0.693. The molecule has 3 rings (SSSR count). The van der Waals surface area contributed by atoms with Crippen molar-refractivity contribution in [2.24, 2.45) is 0 Å². The van der Waals surface area contributed by atoms with Crippen LogP contribution >= 0.6 is 15.9 Å². The van der Waals surface area contributed by atoms with Crippen LogP contribution in [0.5, 0.6) is 0 Å². The standard InChI is InChI=1S/C16H14BrN3/c17-16-13(7-4-8-15(16)18)10-20-11-14(9-19-20)12-5-2-1-3-6-12/h1-9,11H,10,18H2. The lowest BCUT2D eigenvalue weighted by Crippen LogP contribution is -2.01. The number of hydrogen-bond acceptors (Lipinski definition) is 2. The predicted octanol–water partition coefficient (Wildman–Crippen LogP) is 3.94. The fourth-order valence-electron chi connectivity index (χ4n) is 2.13. The molecule has 0 spiro atoms. The molecule has 0 aliphatic heterocycles. The molecule has 2 aromatic carbocycles. The minimum Gasteiger partial charge on any atom is -0.398 e. The first kappa shape index (κ1) is 12.9. The Labute approximate surface area is 126 Å². The van der Waals surface area contributed by atoms with Crippen molar-refractivity contribution in [2.75, 3.05) is 5.73 Å². The highest BCUT2D eigenvalue weighted by Crippen LogP contribution is 2.25. The number of nitrogens with two attached hydrogens (primary N) is 1. The second kappa shape index (κ2) is 5.51. The van der Waals surface area contributed by atoms with Crippen LogP contribution in [0.4, 0.5) is 5.69 Å². The Hall–Kier alpha value is -2.07. The van der Waals surface area contributed by atoms with E-state index in [1.807, 2.05) is 53.5 Å². The summed E-state index contributed by atoms with van der Waals surface area (Å²) < 4.78 is 2.86. The van der Waals surface area contributed by atoms with Crippen molar-refractivity contribution in [1.82, 2.24) is 9.78 Å². The van der Waals surface area contributed by atoms with Crippen LogP contribution in [0.25, 0.3) is 11.1 Å². The van der Waals surface area contributed by atoms with E-state index in [1.54, 1.807) is 0 Å². The second-order valence-electron chi connectivity index (χ2n) is 4.61. The average molecular weight is 328 g/mol. The first-order chi connectivity index (χ1) is 9.74. The third kappa shape index (κ3) is 2.60. The highest BCUT2D eigenvalue weighted by Gasteiger charge is 2.06. The minimum atomic E-state index is 0.693. The number of hydrogen-bond donors (Lipinski definition) is 1. The van der Waals surface area contributed by atoms with Gasteiger partial charge < -0.3 is 5.73 Å². The lowest BCUT2D eigenvalue weighted by molar-refractivity contribution is 0.685. The summed E-state index contributed by atoms with van der Waals surface area (Å²) in [4.78, 5) is 0. The summed E-state index contributed by atoms with van der Waals surface area (Å²) in [5, 5.41) is 4.41. The van der Waals surface area contributed by atoms with Crippen LogP contribution in [0.2, 0.25) is 0 Å². The smallest absolute Gasteiger partial charge is 0.0671 e. The molecular weight excluding hydrogens is 314 g/mol. The van der Waals surface area contributed by atoms with Gasteiger partial charge in [0.05, 0.1) is 12.7 Å². The van der Waals surface area contributed by atoms with Gasteiger partial charge >= 0.3 is 0 Å². The molecule has 3 nitrogen and oxygen atoms in total. The molecule has 0 amide bonds. The Bertz CT molecular complexity index is 720. The normalized spacial score (nSPS) is 10.7. The van der Waals surface area contributed by atoms with Gasteiger partial charge in [-0.05, 0) is 33.1 Å². The average Bonchev–Trinajstić information content (AvgIpc) is 2.93. The molecule has 0 unspecified atom stereocenters. The van der Waals surface area contributed by atoms with Gasteiger partial charge in [-0.3, -0.25) is 4.68 Å². The van der Waals surface area contributed by atoms with Gasteiger partial charge in [0, 0.05) is 21.9 Å². The maximum atomic E-state index is 5.89. The van der Waals surface area contributed by atoms with Crippen molar-refractivity contribution in [2.45, 2.75) is 6.54 Å². The van der Waals surface area contributed by atoms with Gasteiger partial charge in [0.25, 0.3) is 0 Å². The number of rotatable bonds is 3. The molecule has 100 valence electrons. The molecule has 20 heavy (non-hydrogen) atoms. The van der Waals surface area contributed by atoms with Gasteiger partial charge in [-0.15, -0.1) is 0 Å². The maximum absolute atomic E-state index is 5.89. The Morgan fingerprint density at radius 1 is 1.00 bits per heavy atom. The van der Waals surface area contributed by atoms with Gasteiger partial charge in [0.15, 0.2) is 0 Å². The summed E-state index contributed by atoms with van der Waals surface area (Å²) in [5.41, 5.74) is 10.0. The van der Waals surface area contributed by atoms with Crippen molar-refractivity contribution < 1.29 is 0 Å². The van der Waals surface area contributed by atoms with Gasteiger partial charge in [-0.1, -0.05) is 42.5 Å². The Morgan fingerprint density at radius 3 is 2.60 bits per heavy atom. The summed E-state index contributed by atoms with van der Waals surface area (Å²) in [6.45, 7) is 0.693. The number of nitrogen functional groups attached to an aromatic ring is 1. The third-order valence-electron chi connectivity index (χ3n) is 3.18. The summed E-state index contributed by atoms with van der Waals surface area (Å²) in [5.74, 6) is 0. The topological polar surface area (TPSA) is 43.8 Å². The van der Waals surface area contributed by atoms with Crippen molar-refractivity contribution in [3.8, 4) is 11.1 Å². The van der Waals surface area contributed by atoms with Crippen LogP contribution in [0.3, 0.4) is 0 Å². The summed E-state index contributed by atoms with van der Waals surface area (Å²) in [6, 6.07) is 16.1. The van der Waals surface area contributed by atoms with E-state index in [0.717, 1.165) is 21.3 Å². The molecular formula is C16H14BrN3. The Kier molecular flexibility index (Phi) is 3.56. The number of nitrogens with zero attached hydrogens (tertiary/aromatic N) is 2. The number of aromatic nitrogens is 2. The zero-order valence-electron chi connectivity index (χ0n) is 10.8. The van der Waals surface area contributed by atoms with Crippen LogP contribution in [0, 0.1) is 0 Å². The zero-order chi connectivity index (χ0) is 13.9. The monoisotopic (exact) mass is 327 g/mol. The predicted molar refractivity (Wildman–Crippen MR) is 85.3 cm³/mol. The first-order valence-corrected chi connectivity index (χ1v) is 7.14. The molecule has 0 aliphatic carbocycles. The Balaban J connectivity index is 1.86. The van der Waals surface area contributed by atoms with Crippen LogP contribution < -0.4 is 5.73 Å². The zero-order valence-corrected chi connectivity index (χ0v) is 12.4. The number of halogens is 1. The van der Waals surface area contributed by atoms with E-state index in [1.165, 1.54) is 5.56 Å². The van der Waals surface area contributed by atoms with E-state index < -0.39 is 0 Å². The summed E-state index contributed by atoms with van der Waals surface area (Å²) in [6.07, 6.45) is 3.93. The number of anilines is 1. The largest absolute Gasteiger partial charge is 0.398 e. The molecule has 0 bridgehead atoms. The molecule has 2 N–H and O–H groups in total. The van der Waals surface area contributed by atoms with E-state index in [0.29, 0.717) is 6.54 Å². The van der Waals surface area contributed by atoms with Crippen molar-refractivity contribution in [1.29, 1.82) is 0 Å². The van der Waals surface area contributed by atoms with Crippen LogP contribution in [-0.2, 0) is 6.54 Å². The SMILES string of the molecule is Nc1cccc(Cn2cc(-c3ccccc3)cn2)c1Br. The van der Waals surface area contributed by atoms with E-state index in [4.69, 9.17) is 5.73 Å². The van der Waals surface area contributed by atoms with E-state index >= 15 is 0 Å². The molecule has 4 heteroatoms. The fraction of sp³-hybridized carbons (Fsp3) is 0.0625. The first-order valence-electron chi connectivity index (χ1n) is 6.35. The van der Waals surface area contributed by atoms with Gasteiger partial charge in [0.1, 0.15) is 0 Å². The molecule has 0 saturated carbocycles. The Morgan fingerprint density at radius 2 is 1.80 bits per heavy atom. The molecule has 0 atom stereocenters. The second-order valence-corrected chi connectivity index (χ2v) is 5.41. The quantitative estimate of drug-likeness (QED) is 0.740. The maximum Gasteiger partial charge on any atom is 0.0671 e. The van der Waals surface area contributed by atoms with Crippen LogP contribution in [-0.4, -0.2) is 9.78 Å². The lowest BCUT2D eigenvalue weighted by Gasteiger charge is -2.06. The van der Waals surface area contributed by atoms with Crippen molar-refractivity contribution in [3.63, 3.8) is 0 Å². The van der Waals surface area contributed by atoms with Crippen LogP contribution in [0.15, 0.2) is 65.4 Å². The lowest BCUT2D eigenvalue weighted by atomic mass is 10.1. The summed E-state index contributed by atoms with van der Waals surface area (Å²) >= 11 is 3.52. The van der Waals surface area contributed by atoms with E-state index in [-0.39, 0.29) is 0 Å². The molecule has 0 aliphatic rings. The van der Waals surface area contributed by atoms with Gasteiger partial charge in [-0.2, -0.15) is 5.10 Å². The molecule has 1 aromatic heterocycles. The molecule has 0 saturated heterocycles. The highest BCUT2D eigenvalue weighted by atomic mass is 79.9. The van der Waals surface area contributed by atoms with E-state index in [9.17, 15) is 0 Å². The van der Waals surface area contributed by atoms with Crippen molar-refractivity contribution in [3.05, 3.63) is 71.0 Å². The molecule has 0 fully saturated rings. The molecule has 3 aromatic rings. The molecule has 0 radical (unpaired) electrons. The highest BCUT2D eigenvalue weighted by molar-refractivity contribution is 9.10.